The number of carboxylic acid groups (broad SMARTS) is 1. The number of hydrogen-bond donors (Lipinski definition) is 1. The summed E-state index contributed by atoms with van der Waals surface area (Å²) in [6.07, 6.45) is 5.48. The average Bonchev–Trinajstić information content (AvgIpc) is 2.92. The zero-order valence-corrected chi connectivity index (χ0v) is 12.3. The van der Waals surface area contributed by atoms with E-state index in [9.17, 15) is 9.90 Å². The van der Waals surface area contributed by atoms with E-state index in [1.54, 1.807) is 6.92 Å². The van der Waals surface area contributed by atoms with Crippen LogP contribution in [0.15, 0.2) is 17.0 Å². The molecule has 22 heavy (non-hydrogen) atoms. The average molecular weight is 303 g/mol. The van der Waals surface area contributed by atoms with Crippen LogP contribution >= 0.6 is 0 Å². The number of piperidine rings is 1. The number of aromatic nitrogens is 4. The molecule has 1 unspecified atom stereocenters. The van der Waals surface area contributed by atoms with E-state index in [2.05, 4.69) is 20.1 Å². The van der Waals surface area contributed by atoms with Crippen molar-refractivity contribution in [2.75, 3.05) is 18.0 Å². The Morgan fingerprint density at radius 2 is 2.41 bits per heavy atom. The van der Waals surface area contributed by atoms with E-state index >= 15 is 0 Å². The Hall–Kier alpha value is -2.51. The lowest BCUT2D eigenvalue weighted by Gasteiger charge is -2.33. The fourth-order valence-corrected chi connectivity index (χ4v) is 2.83. The summed E-state index contributed by atoms with van der Waals surface area (Å²) in [5.74, 6) is 1.09. The Morgan fingerprint density at radius 3 is 3.14 bits per heavy atom. The molecular weight excluding hydrogens is 286 g/mol. The number of anilines is 1. The lowest BCUT2D eigenvalue weighted by Crippen LogP contribution is -2.37. The number of hydrogen-bond acceptors (Lipinski definition) is 7. The molecule has 8 nitrogen and oxygen atoms in total. The fraction of sp³-hybridized carbons (Fsp3) is 0.500. The van der Waals surface area contributed by atoms with Crippen LogP contribution in [-0.4, -0.2) is 44.3 Å². The van der Waals surface area contributed by atoms with Gasteiger partial charge in [0, 0.05) is 32.6 Å². The molecule has 116 valence electrons. The maximum atomic E-state index is 11.3. The molecule has 0 saturated carbocycles. The second kappa shape index (κ2) is 6.08. The summed E-state index contributed by atoms with van der Waals surface area (Å²) in [6.45, 7) is 3.29. The van der Waals surface area contributed by atoms with Gasteiger partial charge in [0.25, 0.3) is 0 Å². The van der Waals surface area contributed by atoms with Crippen LogP contribution in [0.3, 0.4) is 0 Å². The topological polar surface area (TPSA) is 105 Å². The lowest BCUT2D eigenvalue weighted by molar-refractivity contribution is 0.0696. The molecule has 1 aliphatic rings. The molecule has 0 aliphatic carbocycles. The number of carboxylic acids is 1. The Kier molecular flexibility index (Phi) is 3.99. The van der Waals surface area contributed by atoms with Crippen LogP contribution in [0.25, 0.3) is 0 Å². The van der Waals surface area contributed by atoms with E-state index in [1.807, 2.05) is 4.90 Å². The zero-order chi connectivity index (χ0) is 15.5. The van der Waals surface area contributed by atoms with Gasteiger partial charge in [0.05, 0.1) is 0 Å². The predicted molar refractivity (Wildman–Crippen MR) is 76.7 cm³/mol. The van der Waals surface area contributed by atoms with Gasteiger partial charge in [-0.05, 0) is 18.8 Å². The van der Waals surface area contributed by atoms with Gasteiger partial charge in [0.15, 0.2) is 5.82 Å². The van der Waals surface area contributed by atoms with Crippen molar-refractivity contribution in [2.45, 2.75) is 26.2 Å². The maximum Gasteiger partial charge on any atom is 0.341 e. The molecule has 1 aliphatic heterocycles. The molecule has 0 bridgehead atoms. The highest BCUT2D eigenvalue weighted by Gasteiger charge is 2.25. The summed E-state index contributed by atoms with van der Waals surface area (Å²) >= 11 is 0. The monoisotopic (exact) mass is 303 g/mol. The molecule has 2 aromatic heterocycles. The number of carbonyl (C=O) groups is 1. The van der Waals surface area contributed by atoms with E-state index < -0.39 is 5.97 Å². The van der Waals surface area contributed by atoms with Gasteiger partial charge in [-0.1, -0.05) is 5.16 Å². The number of aryl methyl sites for hydroxylation is 1. The van der Waals surface area contributed by atoms with Crippen LogP contribution in [0.1, 0.15) is 34.9 Å². The summed E-state index contributed by atoms with van der Waals surface area (Å²) in [7, 11) is 0. The summed E-state index contributed by atoms with van der Waals surface area (Å²) in [5.41, 5.74) is 0.138. The van der Waals surface area contributed by atoms with Gasteiger partial charge in [-0.3, -0.25) is 0 Å². The molecular formula is C14H17N5O3. The highest BCUT2D eigenvalue weighted by Crippen LogP contribution is 2.25. The van der Waals surface area contributed by atoms with Gasteiger partial charge in [-0.15, -0.1) is 0 Å². The van der Waals surface area contributed by atoms with Gasteiger partial charge in [0.2, 0.25) is 5.89 Å². The summed E-state index contributed by atoms with van der Waals surface area (Å²) in [5, 5.41) is 13.2. The van der Waals surface area contributed by atoms with E-state index in [0.717, 1.165) is 32.4 Å². The van der Waals surface area contributed by atoms with Gasteiger partial charge >= 0.3 is 5.97 Å². The standard InChI is InChI=1S/C14H17N5O3/c1-9-17-12(18-22-9)5-10-3-2-4-19(7-10)13-11(14(20)21)6-15-8-16-13/h6,8,10H,2-5,7H2,1H3,(H,20,21). The zero-order valence-electron chi connectivity index (χ0n) is 12.3. The van der Waals surface area contributed by atoms with E-state index in [-0.39, 0.29) is 5.56 Å². The third kappa shape index (κ3) is 3.05. The maximum absolute atomic E-state index is 11.3. The minimum Gasteiger partial charge on any atom is -0.477 e. The van der Waals surface area contributed by atoms with Crippen molar-refractivity contribution < 1.29 is 14.4 Å². The highest BCUT2D eigenvalue weighted by molar-refractivity contribution is 5.92. The number of nitrogens with zero attached hydrogens (tertiary/aromatic N) is 5. The molecule has 1 fully saturated rings. The van der Waals surface area contributed by atoms with Crippen molar-refractivity contribution in [3.8, 4) is 0 Å². The van der Waals surface area contributed by atoms with Crippen LogP contribution in [-0.2, 0) is 6.42 Å². The fourth-order valence-electron chi connectivity index (χ4n) is 2.83. The van der Waals surface area contributed by atoms with E-state index in [1.165, 1.54) is 12.5 Å². The van der Waals surface area contributed by atoms with Crippen LogP contribution in [0.2, 0.25) is 0 Å². The quantitative estimate of drug-likeness (QED) is 0.901. The highest BCUT2D eigenvalue weighted by atomic mass is 16.5. The van der Waals surface area contributed by atoms with Gasteiger partial charge in [-0.25, -0.2) is 14.8 Å². The SMILES string of the molecule is Cc1nc(CC2CCCN(c3ncncc3C(=O)O)C2)no1. The van der Waals surface area contributed by atoms with Crippen LogP contribution in [0, 0.1) is 12.8 Å². The minimum atomic E-state index is -1.01. The normalized spacial score (nSPS) is 18.4. The van der Waals surface area contributed by atoms with Crippen LogP contribution < -0.4 is 4.90 Å². The molecule has 0 spiro atoms. The van der Waals surface area contributed by atoms with Crippen LogP contribution in [0.4, 0.5) is 5.82 Å². The molecule has 0 aromatic carbocycles. The minimum absolute atomic E-state index is 0.138. The van der Waals surface area contributed by atoms with Gasteiger partial charge < -0.3 is 14.5 Å². The molecule has 1 atom stereocenters. The first-order valence-corrected chi connectivity index (χ1v) is 7.21. The summed E-state index contributed by atoms with van der Waals surface area (Å²) < 4.78 is 5.00. The molecule has 3 heterocycles. The van der Waals surface area contributed by atoms with Crippen molar-refractivity contribution in [1.82, 2.24) is 20.1 Å². The number of aromatic carboxylic acids is 1. The molecule has 0 amide bonds. The van der Waals surface area contributed by atoms with Crippen LogP contribution in [0.5, 0.6) is 0 Å². The van der Waals surface area contributed by atoms with Gasteiger partial charge in [-0.2, -0.15) is 4.98 Å². The smallest absolute Gasteiger partial charge is 0.341 e. The molecule has 3 rings (SSSR count). The van der Waals surface area contributed by atoms with Crippen molar-refractivity contribution in [1.29, 1.82) is 0 Å². The molecule has 2 aromatic rings. The molecule has 0 radical (unpaired) electrons. The lowest BCUT2D eigenvalue weighted by atomic mass is 9.94. The molecule has 1 saturated heterocycles. The number of rotatable bonds is 4. The van der Waals surface area contributed by atoms with Crippen molar-refractivity contribution in [2.24, 2.45) is 5.92 Å². The Labute approximate surface area is 127 Å². The predicted octanol–water partition coefficient (Wildman–Crippen LogP) is 1.33. The third-order valence-corrected chi connectivity index (χ3v) is 3.78. The van der Waals surface area contributed by atoms with Crippen molar-refractivity contribution in [3.05, 3.63) is 29.8 Å². The van der Waals surface area contributed by atoms with E-state index in [4.69, 9.17) is 4.52 Å². The van der Waals surface area contributed by atoms with E-state index in [0.29, 0.717) is 23.5 Å². The second-order valence-electron chi connectivity index (χ2n) is 5.45. The Bertz CT molecular complexity index is 672. The molecule has 1 N–H and O–H groups in total. The summed E-state index contributed by atoms with van der Waals surface area (Å²) in [4.78, 5) is 25.5. The first kappa shape index (κ1) is 14.4. The van der Waals surface area contributed by atoms with Crippen molar-refractivity contribution >= 4 is 11.8 Å². The Balaban J connectivity index is 1.74. The summed E-state index contributed by atoms with van der Waals surface area (Å²) in [6, 6.07) is 0. The van der Waals surface area contributed by atoms with Crippen molar-refractivity contribution in [3.63, 3.8) is 0 Å². The Morgan fingerprint density at radius 1 is 1.55 bits per heavy atom. The third-order valence-electron chi connectivity index (χ3n) is 3.78. The first-order valence-electron chi connectivity index (χ1n) is 7.21. The second-order valence-corrected chi connectivity index (χ2v) is 5.45. The first-order chi connectivity index (χ1) is 10.6. The van der Waals surface area contributed by atoms with Gasteiger partial charge in [0.1, 0.15) is 17.7 Å². The largest absolute Gasteiger partial charge is 0.477 e. The molecule has 8 heteroatoms.